The fourth-order valence-electron chi connectivity index (χ4n) is 4.88. The van der Waals surface area contributed by atoms with Gasteiger partial charge in [0.1, 0.15) is 12.1 Å². The van der Waals surface area contributed by atoms with Gasteiger partial charge in [0.2, 0.25) is 23.6 Å². The summed E-state index contributed by atoms with van der Waals surface area (Å²) in [5, 5.41) is 19.7. The molecular weight excluding hydrogens is 570 g/mol. The van der Waals surface area contributed by atoms with E-state index in [9.17, 15) is 33.9 Å². The number of carboxylic acids is 1. The minimum Gasteiger partial charge on any atom is -0.481 e. The van der Waals surface area contributed by atoms with Gasteiger partial charge >= 0.3 is 5.97 Å². The van der Waals surface area contributed by atoms with Crippen LogP contribution in [0, 0.1) is 5.92 Å². The molecular formula is C30H45N7O7. The fraction of sp³-hybridized carbons (Fsp3) is 0.567. The summed E-state index contributed by atoms with van der Waals surface area (Å²) in [6.07, 6.45) is 3.19. The Morgan fingerprint density at radius 3 is 2.18 bits per heavy atom. The number of aliphatic carboxylic acids is 1. The normalized spacial score (nSPS) is 22.0. The summed E-state index contributed by atoms with van der Waals surface area (Å²) in [6.45, 7) is 1.68. The molecule has 0 aromatic heterocycles. The van der Waals surface area contributed by atoms with E-state index in [-0.39, 0.29) is 31.8 Å². The van der Waals surface area contributed by atoms with Crippen LogP contribution in [-0.4, -0.2) is 77.7 Å². The number of ketones is 1. The number of hydrogen-bond acceptors (Lipinski definition) is 7. The van der Waals surface area contributed by atoms with Crippen LogP contribution in [0.15, 0.2) is 35.3 Å². The van der Waals surface area contributed by atoms with Crippen molar-refractivity contribution in [3.63, 3.8) is 0 Å². The molecule has 242 valence electrons. The number of benzene rings is 1. The molecule has 44 heavy (non-hydrogen) atoms. The fourth-order valence-corrected chi connectivity index (χ4v) is 4.88. The number of carbonyl (C=O) groups excluding carboxylic acids is 5. The van der Waals surface area contributed by atoms with Gasteiger partial charge in [-0.1, -0.05) is 62.9 Å². The molecule has 0 bridgehead atoms. The van der Waals surface area contributed by atoms with Crippen LogP contribution in [0.3, 0.4) is 0 Å². The number of hydrogen-bond donors (Lipinski definition) is 7. The third-order valence-electron chi connectivity index (χ3n) is 7.23. The van der Waals surface area contributed by atoms with Gasteiger partial charge in [0, 0.05) is 18.9 Å². The summed E-state index contributed by atoms with van der Waals surface area (Å²) in [5.74, 6) is -5.67. The lowest BCUT2D eigenvalue weighted by Gasteiger charge is -2.25. The van der Waals surface area contributed by atoms with Gasteiger partial charge in [0.05, 0.1) is 19.0 Å². The number of guanidine groups is 1. The van der Waals surface area contributed by atoms with Gasteiger partial charge in [0.15, 0.2) is 11.7 Å². The highest BCUT2D eigenvalue weighted by molar-refractivity contribution is 5.98. The van der Waals surface area contributed by atoms with Gasteiger partial charge in [-0.05, 0) is 31.2 Å². The Morgan fingerprint density at radius 2 is 1.52 bits per heavy atom. The Hall–Kier alpha value is -4.49. The summed E-state index contributed by atoms with van der Waals surface area (Å²) in [4.78, 5) is 81.8. The highest BCUT2D eigenvalue weighted by atomic mass is 16.4. The van der Waals surface area contributed by atoms with Gasteiger partial charge in [-0.2, -0.15) is 0 Å². The first kappa shape index (κ1) is 35.7. The van der Waals surface area contributed by atoms with Crippen molar-refractivity contribution in [3.05, 3.63) is 35.9 Å². The van der Waals surface area contributed by atoms with Crippen molar-refractivity contribution in [1.29, 1.82) is 0 Å². The van der Waals surface area contributed by atoms with Crippen LogP contribution in [0.2, 0.25) is 0 Å². The number of nitrogens with one attached hydrogen (secondary N) is 4. The number of rotatable bonds is 13. The number of unbranched alkanes of at least 4 members (excludes halogenated alkanes) is 3. The number of carboxylic acid groups (broad SMARTS) is 1. The molecule has 0 aliphatic carbocycles. The Kier molecular flexibility index (Phi) is 15.4. The molecule has 4 amide bonds. The van der Waals surface area contributed by atoms with Crippen LogP contribution in [0.5, 0.6) is 0 Å². The number of carbonyl (C=O) groups is 6. The molecule has 14 nitrogen and oxygen atoms in total. The van der Waals surface area contributed by atoms with Crippen LogP contribution in [-0.2, 0) is 35.2 Å². The van der Waals surface area contributed by atoms with E-state index >= 15 is 0 Å². The predicted octanol–water partition coefficient (Wildman–Crippen LogP) is -0.113. The summed E-state index contributed by atoms with van der Waals surface area (Å²) >= 11 is 0. The molecule has 2 rings (SSSR count). The van der Waals surface area contributed by atoms with Crippen molar-refractivity contribution in [1.82, 2.24) is 21.3 Å². The van der Waals surface area contributed by atoms with Crippen LogP contribution in [0.1, 0.15) is 70.3 Å². The molecule has 1 heterocycles. The maximum absolute atomic E-state index is 13.7. The van der Waals surface area contributed by atoms with Crippen molar-refractivity contribution in [3.8, 4) is 0 Å². The molecule has 1 saturated heterocycles. The molecule has 0 spiro atoms. The summed E-state index contributed by atoms with van der Waals surface area (Å²) < 4.78 is 0. The van der Waals surface area contributed by atoms with Crippen molar-refractivity contribution >= 4 is 41.3 Å². The molecule has 1 aliphatic heterocycles. The van der Waals surface area contributed by atoms with Crippen LogP contribution in [0.25, 0.3) is 0 Å². The third-order valence-corrected chi connectivity index (χ3v) is 7.23. The molecule has 14 heteroatoms. The first-order valence-electron chi connectivity index (χ1n) is 15.0. The lowest BCUT2D eigenvalue weighted by molar-refractivity contribution is -0.140. The average Bonchev–Trinajstić information content (AvgIpc) is 2.97. The number of Topliss-reactive ketones (excluding diaryl/α,β-unsaturated/α-hetero) is 1. The second-order valence-corrected chi connectivity index (χ2v) is 10.9. The third kappa shape index (κ3) is 13.2. The molecule has 1 aromatic rings. The van der Waals surface area contributed by atoms with Crippen molar-refractivity contribution < 1.29 is 33.9 Å². The van der Waals surface area contributed by atoms with Gasteiger partial charge in [-0.15, -0.1) is 0 Å². The minimum absolute atomic E-state index is 0.123. The largest absolute Gasteiger partial charge is 0.481 e. The van der Waals surface area contributed by atoms with Crippen molar-refractivity contribution in [2.24, 2.45) is 22.4 Å². The minimum atomic E-state index is -1.42. The molecule has 1 fully saturated rings. The smallest absolute Gasteiger partial charge is 0.305 e. The van der Waals surface area contributed by atoms with E-state index in [1.807, 2.05) is 13.0 Å². The maximum atomic E-state index is 13.7. The van der Waals surface area contributed by atoms with E-state index in [1.165, 1.54) is 0 Å². The van der Waals surface area contributed by atoms with Gasteiger partial charge in [0.25, 0.3) is 0 Å². The van der Waals surface area contributed by atoms with E-state index in [2.05, 4.69) is 26.3 Å². The van der Waals surface area contributed by atoms with Crippen LogP contribution < -0.4 is 32.7 Å². The molecule has 4 atom stereocenters. The van der Waals surface area contributed by atoms with E-state index in [1.54, 1.807) is 24.3 Å². The highest BCUT2D eigenvalue weighted by Gasteiger charge is 2.33. The maximum Gasteiger partial charge on any atom is 0.305 e. The zero-order chi connectivity index (χ0) is 32.5. The van der Waals surface area contributed by atoms with E-state index in [0.717, 1.165) is 24.8 Å². The first-order valence-corrected chi connectivity index (χ1v) is 15.0. The number of aliphatic imine (C=N–C) groups is 1. The zero-order valence-electron chi connectivity index (χ0n) is 25.2. The molecule has 0 radical (unpaired) electrons. The van der Waals surface area contributed by atoms with Gasteiger partial charge in [-0.25, -0.2) is 0 Å². The summed E-state index contributed by atoms with van der Waals surface area (Å²) in [6, 6.07) is 5.47. The van der Waals surface area contributed by atoms with Gasteiger partial charge < -0.3 is 37.8 Å². The number of nitrogens with two attached hydrogens (primary N) is 2. The molecule has 1 aliphatic rings. The Morgan fingerprint density at radius 1 is 0.864 bits per heavy atom. The summed E-state index contributed by atoms with van der Waals surface area (Å²) in [5.41, 5.74) is 11.5. The van der Waals surface area contributed by atoms with Crippen LogP contribution in [0.4, 0.5) is 0 Å². The topological polar surface area (TPSA) is 235 Å². The predicted molar refractivity (Wildman–Crippen MR) is 163 cm³/mol. The van der Waals surface area contributed by atoms with Crippen molar-refractivity contribution in [2.75, 3.05) is 13.1 Å². The van der Waals surface area contributed by atoms with E-state index in [4.69, 9.17) is 11.5 Å². The lowest BCUT2D eigenvalue weighted by atomic mass is 9.90. The highest BCUT2D eigenvalue weighted by Crippen LogP contribution is 2.17. The lowest BCUT2D eigenvalue weighted by Crippen LogP contribution is -2.55. The zero-order valence-corrected chi connectivity index (χ0v) is 25.2. The standard InChI is InChI=1S/C30H45N7O7/c1-2-3-4-8-12-22-29(44)37-21(13-9-14-33-30(31)32)28(43)34-18-25(39)35-23(17-26(40)41)24(38)16-20(27(42)36-22)15-19-10-6-5-7-11-19/h5-7,10-11,20-23H,2-4,8-9,12-18H2,1H3,(H,34,43)(H,35,39)(H,36,42)(H,37,44)(H,40,41)(H4,31,32,33)/t20-,21-,22-,23-/m0/s1. The Bertz CT molecular complexity index is 1170. The summed E-state index contributed by atoms with van der Waals surface area (Å²) in [7, 11) is 0. The number of nitrogens with zero attached hydrogens (tertiary/aromatic N) is 1. The van der Waals surface area contributed by atoms with Crippen LogP contribution >= 0.6 is 0 Å². The molecule has 0 saturated carbocycles. The average molecular weight is 616 g/mol. The second-order valence-electron chi connectivity index (χ2n) is 10.9. The van der Waals surface area contributed by atoms with E-state index < -0.39 is 72.4 Å². The number of amides is 4. The second kappa shape index (κ2) is 18.9. The molecule has 0 unspecified atom stereocenters. The SMILES string of the molecule is CCCCCC[C@@H]1NC(=O)[C@@H](Cc2ccccc2)CC(=O)[C@H](CC(=O)O)NC(=O)CNC(=O)[C@H](CCCN=C(N)N)NC1=O. The monoisotopic (exact) mass is 615 g/mol. The molecule has 1 aromatic carbocycles. The van der Waals surface area contributed by atoms with Crippen molar-refractivity contribution in [2.45, 2.75) is 89.3 Å². The van der Waals surface area contributed by atoms with Gasteiger partial charge in [-0.3, -0.25) is 33.8 Å². The van der Waals surface area contributed by atoms with E-state index in [0.29, 0.717) is 19.3 Å². The molecule has 9 N–H and O–H groups in total. The Balaban J connectivity index is 2.44. The first-order chi connectivity index (χ1) is 21.0. The Labute approximate surface area is 257 Å². The quantitative estimate of drug-likeness (QED) is 0.0889.